The molecule has 160 valence electrons. The van der Waals surface area contributed by atoms with Crippen LogP contribution in [0.25, 0.3) is 17.0 Å². The Kier molecular flexibility index (Phi) is 6.48. The van der Waals surface area contributed by atoms with E-state index in [1.807, 2.05) is 35.9 Å². The van der Waals surface area contributed by atoms with E-state index in [-0.39, 0.29) is 23.5 Å². The molecule has 0 bridgehead atoms. The Morgan fingerprint density at radius 2 is 1.97 bits per heavy atom. The van der Waals surface area contributed by atoms with Crippen molar-refractivity contribution in [2.75, 3.05) is 13.2 Å². The number of halogens is 2. The van der Waals surface area contributed by atoms with E-state index in [4.69, 9.17) is 4.74 Å². The van der Waals surface area contributed by atoms with E-state index in [1.54, 1.807) is 24.3 Å². The van der Waals surface area contributed by atoms with Crippen LogP contribution in [0.4, 0.5) is 9.18 Å². The van der Waals surface area contributed by atoms with E-state index in [1.165, 1.54) is 11.0 Å². The Morgan fingerprint density at radius 1 is 1.16 bits per heavy atom. The number of benzene rings is 2. The maximum atomic E-state index is 13.8. The van der Waals surface area contributed by atoms with Crippen LogP contribution in [-0.4, -0.2) is 33.8 Å². The van der Waals surface area contributed by atoms with Crippen molar-refractivity contribution in [2.24, 2.45) is 0 Å². The van der Waals surface area contributed by atoms with Crippen LogP contribution in [0.2, 0.25) is 0 Å². The second kappa shape index (κ2) is 9.28. The number of imide groups is 1. The summed E-state index contributed by atoms with van der Waals surface area (Å²) in [5.74, 6) is -0.436. The fourth-order valence-corrected chi connectivity index (χ4v) is 4.69. The highest BCUT2D eigenvalue weighted by Gasteiger charge is 2.34. The molecule has 0 N–H and O–H groups in total. The first-order valence-electron chi connectivity index (χ1n) is 9.89. The van der Waals surface area contributed by atoms with Crippen molar-refractivity contribution in [3.63, 3.8) is 0 Å². The average molecular weight is 503 g/mol. The zero-order chi connectivity index (χ0) is 22.0. The molecular weight excluding hydrogens is 483 g/mol. The summed E-state index contributed by atoms with van der Waals surface area (Å²) in [6, 6.07) is 12.2. The molecule has 0 unspecified atom stereocenters. The molecule has 1 fully saturated rings. The van der Waals surface area contributed by atoms with Gasteiger partial charge in [-0.2, -0.15) is 0 Å². The summed E-state index contributed by atoms with van der Waals surface area (Å²) >= 11 is 4.47. The third-order valence-electron chi connectivity index (χ3n) is 4.91. The first-order valence-corrected chi connectivity index (χ1v) is 11.5. The van der Waals surface area contributed by atoms with E-state index in [0.29, 0.717) is 18.0 Å². The van der Waals surface area contributed by atoms with Crippen molar-refractivity contribution in [3.05, 3.63) is 69.4 Å². The average Bonchev–Trinajstić information content (AvgIpc) is 3.21. The Labute approximate surface area is 192 Å². The number of hydrogen-bond acceptors (Lipinski definition) is 4. The van der Waals surface area contributed by atoms with Crippen molar-refractivity contribution >= 4 is 55.8 Å². The number of amides is 2. The minimum absolute atomic E-state index is 0.214. The number of carbonyl (C=O) groups excluding carboxylic acids is 2. The maximum absolute atomic E-state index is 13.8. The SMILES string of the molecule is CCCN1C(=O)S/C(=C\c2cn(CCOc3ccccc3F)c3ccc(Br)cc23)C1=O. The second-order valence-electron chi connectivity index (χ2n) is 7.05. The molecule has 0 atom stereocenters. The topological polar surface area (TPSA) is 51.5 Å². The zero-order valence-corrected chi connectivity index (χ0v) is 19.2. The van der Waals surface area contributed by atoms with Crippen molar-refractivity contribution in [1.82, 2.24) is 9.47 Å². The molecule has 3 aromatic rings. The number of carbonyl (C=O) groups is 2. The molecule has 5 nitrogen and oxygen atoms in total. The van der Waals surface area contributed by atoms with Crippen LogP contribution >= 0.6 is 27.7 Å². The van der Waals surface area contributed by atoms with Crippen LogP contribution in [0.15, 0.2) is 58.0 Å². The minimum Gasteiger partial charge on any atom is -0.489 e. The number of nitrogens with zero attached hydrogens (tertiary/aromatic N) is 2. The lowest BCUT2D eigenvalue weighted by molar-refractivity contribution is -0.122. The molecule has 1 aliphatic heterocycles. The first kappa shape index (κ1) is 21.6. The Bertz CT molecular complexity index is 1190. The van der Waals surface area contributed by atoms with Crippen LogP contribution < -0.4 is 4.74 Å². The molecule has 1 aliphatic rings. The Balaban J connectivity index is 1.61. The molecule has 2 aromatic carbocycles. The fourth-order valence-electron chi connectivity index (χ4n) is 3.47. The van der Waals surface area contributed by atoms with Gasteiger partial charge in [0.15, 0.2) is 11.6 Å². The van der Waals surface area contributed by atoms with Gasteiger partial charge >= 0.3 is 0 Å². The van der Waals surface area contributed by atoms with Gasteiger partial charge < -0.3 is 9.30 Å². The molecule has 2 amide bonds. The van der Waals surface area contributed by atoms with Gasteiger partial charge in [-0.05, 0) is 54.6 Å². The van der Waals surface area contributed by atoms with E-state index in [0.717, 1.165) is 39.1 Å². The quantitative estimate of drug-likeness (QED) is 0.368. The Morgan fingerprint density at radius 3 is 2.74 bits per heavy atom. The molecule has 1 saturated heterocycles. The van der Waals surface area contributed by atoms with Crippen LogP contribution in [0.5, 0.6) is 5.75 Å². The van der Waals surface area contributed by atoms with Gasteiger partial charge in [0.2, 0.25) is 0 Å². The fraction of sp³-hybridized carbons (Fsp3) is 0.217. The van der Waals surface area contributed by atoms with Crippen LogP contribution in [-0.2, 0) is 11.3 Å². The highest BCUT2D eigenvalue weighted by Crippen LogP contribution is 2.35. The van der Waals surface area contributed by atoms with Gasteiger partial charge in [0.25, 0.3) is 11.1 Å². The molecule has 4 rings (SSSR count). The molecule has 1 aromatic heterocycles. The lowest BCUT2D eigenvalue weighted by Gasteiger charge is -2.09. The summed E-state index contributed by atoms with van der Waals surface area (Å²) in [6.07, 6.45) is 4.42. The van der Waals surface area contributed by atoms with E-state index in [2.05, 4.69) is 15.9 Å². The summed E-state index contributed by atoms with van der Waals surface area (Å²) in [7, 11) is 0. The monoisotopic (exact) mass is 502 g/mol. The van der Waals surface area contributed by atoms with Gasteiger partial charge in [-0.25, -0.2) is 4.39 Å². The molecule has 31 heavy (non-hydrogen) atoms. The number of aromatic nitrogens is 1. The highest BCUT2D eigenvalue weighted by molar-refractivity contribution is 9.10. The van der Waals surface area contributed by atoms with Crippen LogP contribution in [0, 0.1) is 5.82 Å². The predicted molar refractivity (Wildman–Crippen MR) is 125 cm³/mol. The minimum atomic E-state index is -0.396. The standard InChI is InChI=1S/C23H20BrFN2O3S/c1-2-9-27-22(28)21(31-23(27)29)12-15-14-26(19-8-7-16(24)13-17(15)19)10-11-30-20-6-4-3-5-18(20)25/h3-8,12-14H,2,9-11H2,1H3/b21-12-. The van der Waals surface area contributed by atoms with Crippen molar-refractivity contribution in [3.8, 4) is 5.75 Å². The normalized spacial score (nSPS) is 15.5. The van der Waals surface area contributed by atoms with Gasteiger partial charge in [-0.1, -0.05) is 35.0 Å². The summed E-state index contributed by atoms with van der Waals surface area (Å²) in [5.41, 5.74) is 1.79. The van der Waals surface area contributed by atoms with Crippen LogP contribution in [0.1, 0.15) is 18.9 Å². The van der Waals surface area contributed by atoms with Gasteiger partial charge in [-0.15, -0.1) is 0 Å². The molecule has 0 aliphatic carbocycles. The van der Waals surface area contributed by atoms with E-state index < -0.39 is 5.82 Å². The van der Waals surface area contributed by atoms with Gasteiger partial charge in [-0.3, -0.25) is 14.5 Å². The Hall–Kier alpha value is -2.58. The number of hydrogen-bond donors (Lipinski definition) is 0. The number of fused-ring (bicyclic) bond motifs is 1. The summed E-state index contributed by atoms with van der Waals surface area (Å²) in [6.45, 7) is 3.13. The lowest BCUT2D eigenvalue weighted by Crippen LogP contribution is -2.28. The second-order valence-corrected chi connectivity index (χ2v) is 8.96. The zero-order valence-electron chi connectivity index (χ0n) is 16.8. The van der Waals surface area contributed by atoms with Crippen molar-refractivity contribution in [1.29, 1.82) is 0 Å². The number of para-hydroxylation sites is 1. The van der Waals surface area contributed by atoms with Crippen molar-refractivity contribution < 1.29 is 18.7 Å². The number of thioether (sulfide) groups is 1. The van der Waals surface area contributed by atoms with E-state index >= 15 is 0 Å². The predicted octanol–water partition coefficient (Wildman–Crippen LogP) is 6.07. The smallest absolute Gasteiger partial charge is 0.293 e. The van der Waals surface area contributed by atoms with Gasteiger partial charge in [0, 0.05) is 33.7 Å². The summed E-state index contributed by atoms with van der Waals surface area (Å²) in [5, 5.41) is 0.712. The lowest BCUT2D eigenvalue weighted by atomic mass is 10.1. The molecule has 8 heteroatoms. The third-order valence-corrected chi connectivity index (χ3v) is 6.31. The summed E-state index contributed by atoms with van der Waals surface area (Å²) in [4.78, 5) is 26.5. The van der Waals surface area contributed by atoms with Gasteiger partial charge in [0.05, 0.1) is 11.4 Å². The maximum Gasteiger partial charge on any atom is 0.293 e. The first-order chi connectivity index (χ1) is 15.0. The van der Waals surface area contributed by atoms with Gasteiger partial charge in [0.1, 0.15) is 6.61 Å². The van der Waals surface area contributed by atoms with E-state index in [9.17, 15) is 14.0 Å². The largest absolute Gasteiger partial charge is 0.489 e. The highest BCUT2D eigenvalue weighted by atomic mass is 79.9. The molecule has 2 heterocycles. The number of rotatable bonds is 7. The number of ether oxygens (including phenoxy) is 1. The molecule has 0 saturated carbocycles. The summed E-state index contributed by atoms with van der Waals surface area (Å²) < 4.78 is 22.3. The molecule has 0 spiro atoms. The third kappa shape index (κ3) is 4.55. The van der Waals surface area contributed by atoms with Crippen molar-refractivity contribution in [2.45, 2.75) is 19.9 Å². The molecular formula is C23H20BrFN2O3S. The van der Waals surface area contributed by atoms with Crippen LogP contribution in [0.3, 0.4) is 0 Å². The molecule has 0 radical (unpaired) electrons.